The van der Waals surface area contributed by atoms with Gasteiger partial charge in [-0.1, -0.05) is 32.0 Å². The van der Waals surface area contributed by atoms with Crippen LogP contribution < -0.4 is 5.73 Å². The number of nitrogens with two attached hydrogens (primary N) is 1. The van der Waals surface area contributed by atoms with Crippen molar-refractivity contribution in [3.05, 3.63) is 0 Å². The first-order valence-corrected chi connectivity index (χ1v) is 7.86. The van der Waals surface area contributed by atoms with Crippen molar-refractivity contribution in [1.82, 2.24) is 9.80 Å². The number of nitrogens with zero attached hydrogens (tertiary/aromatic N) is 2. The monoisotopic (exact) mass is 283 g/mol. The van der Waals surface area contributed by atoms with Crippen molar-refractivity contribution in [2.24, 2.45) is 11.7 Å². The minimum atomic E-state index is 0.193. The summed E-state index contributed by atoms with van der Waals surface area (Å²) in [5, 5.41) is 0. The Morgan fingerprint density at radius 2 is 1.84 bits per heavy atom. The molecule has 0 spiro atoms. The van der Waals surface area contributed by atoms with Crippen molar-refractivity contribution in [2.45, 2.75) is 45.1 Å². The number of rotatable bonds is 4. The van der Waals surface area contributed by atoms with Crippen LogP contribution in [0.3, 0.4) is 0 Å². The summed E-state index contributed by atoms with van der Waals surface area (Å²) < 4.78 is 0. The minimum Gasteiger partial charge on any atom is -0.392 e. The number of piperazine rings is 1. The van der Waals surface area contributed by atoms with Gasteiger partial charge in [-0.2, -0.15) is 0 Å². The third kappa shape index (κ3) is 3.45. The Hall–Kier alpha value is -0.680. The van der Waals surface area contributed by atoms with Crippen molar-refractivity contribution in [2.75, 3.05) is 26.2 Å². The zero-order valence-electron chi connectivity index (χ0n) is 11.8. The van der Waals surface area contributed by atoms with E-state index < -0.39 is 0 Å². The van der Waals surface area contributed by atoms with Crippen LogP contribution in [0.4, 0.5) is 0 Å². The smallest absolute Gasteiger partial charge is 0.225 e. The van der Waals surface area contributed by atoms with E-state index in [2.05, 4.69) is 11.8 Å². The van der Waals surface area contributed by atoms with Crippen LogP contribution in [0.2, 0.25) is 0 Å². The van der Waals surface area contributed by atoms with Gasteiger partial charge in [0.2, 0.25) is 5.91 Å². The van der Waals surface area contributed by atoms with Gasteiger partial charge in [0.15, 0.2) is 0 Å². The molecule has 4 nitrogen and oxygen atoms in total. The van der Waals surface area contributed by atoms with Crippen LogP contribution in [0.1, 0.15) is 39.0 Å². The average Bonchev–Trinajstić information content (AvgIpc) is 2.93. The van der Waals surface area contributed by atoms with E-state index in [4.69, 9.17) is 18.0 Å². The molecule has 1 saturated heterocycles. The van der Waals surface area contributed by atoms with Crippen LogP contribution in [0.25, 0.3) is 0 Å². The van der Waals surface area contributed by atoms with Gasteiger partial charge in [-0.3, -0.25) is 9.69 Å². The lowest BCUT2D eigenvalue weighted by Gasteiger charge is -2.39. The lowest BCUT2D eigenvalue weighted by molar-refractivity contribution is -0.137. The number of amides is 1. The molecule has 2 N–H and O–H groups in total. The molecule has 1 atom stereocenters. The molecule has 2 aliphatic rings. The number of carbonyl (C=O) groups is 1. The Labute approximate surface area is 121 Å². The number of hydrogen-bond acceptors (Lipinski definition) is 3. The van der Waals surface area contributed by atoms with E-state index in [9.17, 15) is 4.79 Å². The summed E-state index contributed by atoms with van der Waals surface area (Å²) in [4.78, 5) is 17.3. The fourth-order valence-corrected chi connectivity index (χ4v) is 3.64. The molecule has 0 aromatic carbocycles. The van der Waals surface area contributed by atoms with Gasteiger partial charge in [-0.05, 0) is 19.3 Å². The van der Waals surface area contributed by atoms with Gasteiger partial charge < -0.3 is 10.6 Å². The SMILES string of the molecule is CCC(C(N)=S)N1CCN(C(=O)C2CCCC2)CC1. The normalized spacial score (nSPS) is 23.5. The number of hydrogen-bond donors (Lipinski definition) is 1. The van der Waals surface area contributed by atoms with Crippen molar-refractivity contribution < 1.29 is 4.79 Å². The van der Waals surface area contributed by atoms with E-state index in [1.807, 2.05) is 4.90 Å². The molecule has 1 unspecified atom stereocenters. The number of carbonyl (C=O) groups excluding carboxylic acids is 1. The predicted molar refractivity (Wildman–Crippen MR) is 81.0 cm³/mol. The highest BCUT2D eigenvalue weighted by Gasteiger charge is 2.31. The molecule has 1 aliphatic heterocycles. The fraction of sp³-hybridized carbons (Fsp3) is 0.857. The van der Waals surface area contributed by atoms with Crippen molar-refractivity contribution in [3.8, 4) is 0 Å². The molecule has 1 aliphatic carbocycles. The zero-order valence-corrected chi connectivity index (χ0v) is 12.6. The summed E-state index contributed by atoms with van der Waals surface area (Å²) >= 11 is 5.12. The second kappa shape index (κ2) is 6.66. The van der Waals surface area contributed by atoms with Gasteiger partial charge in [0.25, 0.3) is 0 Å². The van der Waals surface area contributed by atoms with Gasteiger partial charge in [-0.15, -0.1) is 0 Å². The van der Waals surface area contributed by atoms with Crippen molar-refractivity contribution in [3.63, 3.8) is 0 Å². The predicted octanol–water partition coefficient (Wildman–Crippen LogP) is 1.39. The standard InChI is InChI=1S/C14H25N3OS/c1-2-12(13(15)19)16-7-9-17(10-8-16)14(18)11-5-3-4-6-11/h11-12H,2-10H2,1H3,(H2,15,19). The first kappa shape index (κ1) is 14.7. The Morgan fingerprint density at radius 1 is 1.26 bits per heavy atom. The van der Waals surface area contributed by atoms with E-state index in [-0.39, 0.29) is 6.04 Å². The molecular formula is C14H25N3OS. The minimum absolute atomic E-state index is 0.193. The maximum atomic E-state index is 12.3. The molecule has 5 heteroatoms. The molecule has 1 amide bonds. The van der Waals surface area contributed by atoms with Gasteiger partial charge in [0.1, 0.15) is 0 Å². The molecule has 19 heavy (non-hydrogen) atoms. The van der Waals surface area contributed by atoms with Crippen LogP contribution in [0.15, 0.2) is 0 Å². The lowest BCUT2D eigenvalue weighted by Crippen LogP contribution is -2.55. The van der Waals surface area contributed by atoms with Gasteiger partial charge in [0, 0.05) is 32.1 Å². The summed E-state index contributed by atoms with van der Waals surface area (Å²) in [5.41, 5.74) is 5.78. The molecule has 1 heterocycles. The van der Waals surface area contributed by atoms with E-state index in [0.29, 0.717) is 16.8 Å². The second-order valence-electron chi connectivity index (χ2n) is 5.67. The molecule has 0 radical (unpaired) electrons. The molecule has 0 aromatic rings. The Bertz CT molecular complexity index is 334. The highest BCUT2D eigenvalue weighted by atomic mass is 32.1. The van der Waals surface area contributed by atoms with Crippen molar-refractivity contribution in [1.29, 1.82) is 0 Å². The molecular weight excluding hydrogens is 258 g/mol. The lowest BCUT2D eigenvalue weighted by atomic mass is 10.1. The summed E-state index contributed by atoms with van der Waals surface area (Å²) in [5.74, 6) is 0.671. The van der Waals surface area contributed by atoms with Crippen LogP contribution in [-0.2, 0) is 4.79 Å². The first-order chi connectivity index (χ1) is 9.13. The molecule has 2 fully saturated rings. The summed E-state index contributed by atoms with van der Waals surface area (Å²) in [7, 11) is 0. The molecule has 1 saturated carbocycles. The highest BCUT2D eigenvalue weighted by molar-refractivity contribution is 7.80. The van der Waals surface area contributed by atoms with Crippen LogP contribution in [0.5, 0.6) is 0 Å². The molecule has 0 aromatic heterocycles. The van der Waals surface area contributed by atoms with Gasteiger partial charge in [0.05, 0.1) is 11.0 Å². The fourth-order valence-electron chi connectivity index (χ4n) is 3.32. The maximum Gasteiger partial charge on any atom is 0.225 e. The number of thiocarbonyl (C=S) groups is 1. The van der Waals surface area contributed by atoms with E-state index in [0.717, 1.165) is 45.4 Å². The largest absolute Gasteiger partial charge is 0.392 e. The van der Waals surface area contributed by atoms with E-state index in [1.54, 1.807) is 0 Å². The Balaban J connectivity index is 1.84. The first-order valence-electron chi connectivity index (χ1n) is 7.45. The third-order valence-electron chi connectivity index (χ3n) is 4.49. The highest BCUT2D eigenvalue weighted by Crippen LogP contribution is 2.27. The van der Waals surface area contributed by atoms with E-state index in [1.165, 1.54) is 12.8 Å². The zero-order chi connectivity index (χ0) is 13.8. The summed E-state index contributed by atoms with van der Waals surface area (Å²) in [6.45, 7) is 5.56. The van der Waals surface area contributed by atoms with E-state index >= 15 is 0 Å². The van der Waals surface area contributed by atoms with Crippen LogP contribution in [0, 0.1) is 5.92 Å². The Morgan fingerprint density at radius 3 is 2.32 bits per heavy atom. The average molecular weight is 283 g/mol. The summed E-state index contributed by atoms with van der Waals surface area (Å²) in [6, 6.07) is 0.193. The van der Waals surface area contributed by atoms with Crippen molar-refractivity contribution >= 4 is 23.1 Å². The third-order valence-corrected chi connectivity index (χ3v) is 4.76. The second-order valence-corrected chi connectivity index (χ2v) is 6.14. The molecule has 0 bridgehead atoms. The Kier molecular flexibility index (Phi) is 5.16. The topological polar surface area (TPSA) is 49.6 Å². The van der Waals surface area contributed by atoms with Crippen LogP contribution in [-0.4, -0.2) is 52.9 Å². The molecule has 108 valence electrons. The van der Waals surface area contributed by atoms with Crippen LogP contribution >= 0.6 is 12.2 Å². The van der Waals surface area contributed by atoms with Gasteiger partial charge in [-0.25, -0.2) is 0 Å². The quantitative estimate of drug-likeness (QED) is 0.792. The molecule has 2 rings (SSSR count). The summed E-state index contributed by atoms with van der Waals surface area (Å²) in [6.07, 6.45) is 5.56. The van der Waals surface area contributed by atoms with Gasteiger partial charge >= 0.3 is 0 Å². The maximum absolute atomic E-state index is 12.3.